The fourth-order valence-corrected chi connectivity index (χ4v) is 6.55. The number of hydrogen-bond acceptors (Lipinski definition) is 5. The molecule has 4 heterocycles. The number of alkyl halides is 3. The Morgan fingerprint density at radius 1 is 1.19 bits per heavy atom. The first-order valence-electron chi connectivity index (χ1n) is 13.5. The maximum Gasteiger partial charge on any atom is 0.406 e. The number of likely N-dealkylation sites (tertiary alicyclic amines) is 1. The number of nitrogens with one attached hydrogen (secondary N) is 2. The molecule has 1 fully saturated rings. The number of pyridine rings is 2. The number of aromatic nitrogens is 2. The van der Waals surface area contributed by atoms with E-state index < -0.39 is 71.0 Å². The Kier molecular flexibility index (Phi) is 6.73. The Morgan fingerprint density at radius 2 is 1.95 bits per heavy atom. The monoisotopic (exact) mass is 601 g/mol. The molecule has 2 N–H and O–H groups in total. The number of carbonyl (C=O) groups is 2. The summed E-state index contributed by atoms with van der Waals surface area (Å²) < 4.78 is 83.2. The zero-order valence-corrected chi connectivity index (χ0v) is 22.7. The molecule has 1 aromatic carbocycles. The van der Waals surface area contributed by atoms with Crippen LogP contribution in [-0.2, 0) is 23.1 Å². The number of anilines is 1. The highest BCUT2D eigenvalue weighted by atomic mass is 19.4. The molecule has 0 bridgehead atoms. The second-order valence-corrected chi connectivity index (χ2v) is 11.2. The Hall–Kier alpha value is -4.42. The van der Waals surface area contributed by atoms with E-state index in [1.807, 2.05) is 12.1 Å². The van der Waals surface area contributed by atoms with Crippen LogP contribution < -0.4 is 10.6 Å². The molecule has 224 valence electrons. The smallest absolute Gasteiger partial charge is 0.343 e. The summed E-state index contributed by atoms with van der Waals surface area (Å²) in [4.78, 5) is 35.8. The van der Waals surface area contributed by atoms with Crippen LogP contribution >= 0.6 is 0 Å². The summed E-state index contributed by atoms with van der Waals surface area (Å²) in [5, 5.41) is 5.66. The molecule has 3 aliphatic rings. The summed E-state index contributed by atoms with van der Waals surface area (Å²) in [6, 6.07) is 3.58. The van der Waals surface area contributed by atoms with Crippen molar-refractivity contribution in [3.8, 4) is 0 Å². The van der Waals surface area contributed by atoms with Crippen LogP contribution in [0.5, 0.6) is 0 Å². The summed E-state index contributed by atoms with van der Waals surface area (Å²) in [5.41, 5.74) is 2.20. The lowest BCUT2D eigenvalue weighted by molar-refractivity contribution is -0.170. The summed E-state index contributed by atoms with van der Waals surface area (Å²) in [7, 11) is 0. The van der Waals surface area contributed by atoms with Gasteiger partial charge in [-0.2, -0.15) is 13.2 Å². The van der Waals surface area contributed by atoms with Gasteiger partial charge in [0, 0.05) is 59.2 Å². The summed E-state index contributed by atoms with van der Waals surface area (Å²) in [5.74, 6) is -6.45. The van der Waals surface area contributed by atoms with Crippen LogP contribution in [0.15, 0.2) is 55.0 Å². The molecule has 0 saturated carbocycles. The number of nitrogens with zero attached hydrogens (tertiary/aromatic N) is 3. The molecule has 13 heteroatoms. The topological polar surface area (TPSA) is 87.2 Å². The van der Waals surface area contributed by atoms with Crippen LogP contribution in [0.2, 0.25) is 0 Å². The number of fused-ring (bicyclic) bond motifs is 3. The van der Waals surface area contributed by atoms with E-state index in [2.05, 4.69) is 27.2 Å². The van der Waals surface area contributed by atoms with Crippen LogP contribution in [0, 0.1) is 17.5 Å². The Balaban J connectivity index is 1.28. The molecule has 7 nitrogen and oxygen atoms in total. The van der Waals surface area contributed by atoms with Crippen molar-refractivity contribution in [2.75, 3.05) is 11.9 Å². The molecule has 2 aliphatic heterocycles. The number of allylic oxidation sites excluding steroid dienone is 1. The second-order valence-electron chi connectivity index (χ2n) is 11.2. The van der Waals surface area contributed by atoms with Crippen LogP contribution in [0.4, 0.5) is 32.2 Å². The predicted octanol–water partition coefficient (Wildman–Crippen LogP) is 4.94. The summed E-state index contributed by atoms with van der Waals surface area (Å²) >= 11 is 0. The third-order valence-electron chi connectivity index (χ3n) is 8.67. The highest BCUT2D eigenvalue weighted by Gasteiger charge is 2.49. The van der Waals surface area contributed by atoms with E-state index in [0.717, 1.165) is 22.5 Å². The largest absolute Gasteiger partial charge is 0.406 e. The van der Waals surface area contributed by atoms with Crippen molar-refractivity contribution in [1.82, 2.24) is 20.2 Å². The Bertz CT molecular complexity index is 1680. The summed E-state index contributed by atoms with van der Waals surface area (Å²) in [6.45, 7) is 3.72. The van der Waals surface area contributed by atoms with Gasteiger partial charge in [-0.25, -0.2) is 18.2 Å². The SMILES string of the molecule is C=C1Nc2ncccc2[C@@]12Cc1cc(C(=O)N[C@H]3C[C@@H](c4cc(F)cc(F)c4F)[C@@H](C)N(CC(F)(F)F)C3=O)cnc1C2. The fourth-order valence-electron chi connectivity index (χ4n) is 6.55. The lowest BCUT2D eigenvalue weighted by Crippen LogP contribution is -2.59. The van der Waals surface area contributed by atoms with Gasteiger partial charge in [0.15, 0.2) is 11.6 Å². The average molecular weight is 602 g/mol. The molecule has 1 aliphatic carbocycles. The van der Waals surface area contributed by atoms with E-state index in [9.17, 15) is 35.9 Å². The number of rotatable bonds is 4. The van der Waals surface area contributed by atoms with E-state index in [1.165, 1.54) is 13.1 Å². The Morgan fingerprint density at radius 3 is 2.70 bits per heavy atom. The van der Waals surface area contributed by atoms with Gasteiger partial charge in [-0.3, -0.25) is 14.6 Å². The molecule has 3 aromatic rings. The standard InChI is InChI=1S/C30H25F6N5O2/c1-14-19(20-7-18(31)8-22(32)25(20)33)9-23(28(43)41(14)13-30(34,35)36)40-27(42)17-6-16-10-29(11-24(16)38-12-17)15(2)39-26-21(29)4-3-5-37-26/h3-8,12,14,19,23H,2,9-11,13H2,1H3,(H,37,39)(H,40,42)/t14-,19-,23+,29-/m1/s1. The summed E-state index contributed by atoms with van der Waals surface area (Å²) in [6.07, 6.45) is -1.25. The van der Waals surface area contributed by atoms with Crippen molar-refractivity contribution in [2.24, 2.45) is 0 Å². The zero-order valence-electron chi connectivity index (χ0n) is 22.7. The lowest BCUT2D eigenvalue weighted by Gasteiger charge is -2.43. The van der Waals surface area contributed by atoms with E-state index in [1.54, 1.807) is 12.3 Å². The van der Waals surface area contributed by atoms with Crippen molar-refractivity contribution < 1.29 is 35.9 Å². The zero-order chi connectivity index (χ0) is 30.8. The van der Waals surface area contributed by atoms with Crippen molar-refractivity contribution in [3.05, 3.63) is 100 Å². The maximum absolute atomic E-state index is 14.8. The fraction of sp³-hybridized carbons (Fsp3) is 0.333. The average Bonchev–Trinajstić information content (AvgIpc) is 3.46. The molecule has 4 atom stereocenters. The quantitative estimate of drug-likeness (QED) is 0.327. The van der Waals surface area contributed by atoms with Gasteiger partial charge in [-0.05, 0) is 49.1 Å². The molecular weight excluding hydrogens is 576 g/mol. The number of halogens is 6. The van der Waals surface area contributed by atoms with Gasteiger partial charge in [0.05, 0.1) is 5.56 Å². The van der Waals surface area contributed by atoms with E-state index in [-0.39, 0.29) is 12.0 Å². The molecule has 0 unspecified atom stereocenters. The third-order valence-corrected chi connectivity index (χ3v) is 8.67. The van der Waals surface area contributed by atoms with Gasteiger partial charge < -0.3 is 15.5 Å². The minimum absolute atomic E-state index is 0.0621. The molecule has 1 saturated heterocycles. The minimum Gasteiger partial charge on any atom is -0.343 e. The lowest BCUT2D eigenvalue weighted by atomic mass is 9.78. The second kappa shape index (κ2) is 10.1. The molecule has 1 spiro atoms. The molecule has 0 radical (unpaired) electrons. The van der Waals surface area contributed by atoms with E-state index in [4.69, 9.17) is 0 Å². The van der Waals surface area contributed by atoms with Gasteiger partial charge in [-0.1, -0.05) is 12.6 Å². The molecular formula is C30H25F6N5O2. The first-order chi connectivity index (χ1) is 20.3. The third kappa shape index (κ3) is 4.90. The number of amides is 2. The van der Waals surface area contributed by atoms with Gasteiger partial charge in [-0.15, -0.1) is 0 Å². The van der Waals surface area contributed by atoms with Gasteiger partial charge in [0.2, 0.25) is 5.91 Å². The number of carbonyl (C=O) groups excluding carboxylic acids is 2. The molecule has 2 aromatic heterocycles. The van der Waals surface area contributed by atoms with Crippen molar-refractivity contribution in [3.63, 3.8) is 0 Å². The van der Waals surface area contributed by atoms with Crippen LogP contribution in [0.1, 0.15) is 52.0 Å². The van der Waals surface area contributed by atoms with Gasteiger partial charge in [0.1, 0.15) is 24.2 Å². The van der Waals surface area contributed by atoms with E-state index in [0.29, 0.717) is 35.7 Å². The first-order valence-corrected chi connectivity index (χ1v) is 13.5. The van der Waals surface area contributed by atoms with E-state index >= 15 is 0 Å². The highest BCUT2D eigenvalue weighted by molar-refractivity contribution is 5.98. The normalized spacial score (nSPS) is 24.6. The van der Waals surface area contributed by atoms with Gasteiger partial charge in [0.25, 0.3) is 5.91 Å². The molecule has 2 amide bonds. The Labute approximate surface area is 242 Å². The number of piperidine rings is 1. The van der Waals surface area contributed by atoms with Crippen molar-refractivity contribution >= 4 is 17.6 Å². The first kappa shape index (κ1) is 28.7. The van der Waals surface area contributed by atoms with Crippen molar-refractivity contribution in [1.29, 1.82) is 0 Å². The van der Waals surface area contributed by atoms with Crippen LogP contribution in [0.3, 0.4) is 0 Å². The van der Waals surface area contributed by atoms with Crippen LogP contribution in [-0.4, -0.2) is 51.5 Å². The number of hydrogen-bond donors (Lipinski definition) is 2. The van der Waals surface area contributed by atoms with Gasteiger partial charge >= 0.3 is 6.18 Å². The minimum atomic E-state index is -4.82. The molecule has 43 heavy (non-hydrogen) atoms. The number of benzene rings is 1. The molecule has 6 rings (SSSR count). The van der Waals surface area contributed by atoms with Crippen molar-refractivity contribution in [2.45, 2.75) is 55.8 Å². The van der Waals surface area contributed by atoms with Crippen LogP contribution in [0.25, 0.3) is 0 Å². The predicted molar refractivity (Wildman–Crippen MR) is 142 cm³/mol. The maximum atomic E-state index is 14.8. The highest BCUT2D eigenvalue weighted by Crippen LogP contribution is 2.50.